The van der Waals surface area contributed by atoms with E-state index in [1.807, 2.05) is 12.1 Å². The van der Waals surface area contributed by atoms with Gasteiger partial charge in [-0.25, -0.2) is 0 Å². The zero-order chi connectivity index (χ0) is 10.7. The summed E-state index contributed by atoms with van der Waals surface area (Å²) < 4.78 is 0. The van der Waals surface area contributed by atoms with Crippen molar-refractivity contribution in [1.82, 2.24) is 10.2 Å². The van der Waals surface area contributed by atoms with E-state index in [1.54, 1.807) is 6.20 Å². The minimum atomic E-state index is 0.861. The molecule has 0 radical (unpaired) electrons. The zero-order valence-electron chi connectivity index (χ0n) is 9.07. The van der Waals surface area contributed by atoms with Crippen LogP contribution in [0.25, 0.3) is 0 Å². The lowest BCUT2D eigenvalue weighted by Gasteiger charge is -2.05. The lowest BCUT2D eigenvalue weighted by Crippen LogP contribution is -1.96. The van der Waals surface area contributed by atoms with Crippen molar-refractivity contribution in [2.75, 3.05) is 0 Å². The van der Waals surface area contributed by atoms with Crippen LogP contribution in [0.4, 0.5) is 0 Å². The monoisotopic (exact) mass is 198 g/mol. The molecule has 2 heteroatoms. The first-order valence-electron chi connectivity index (χ1n) is 5.08. The van der Waals surface area contributed by atoms with Crippen LogP contribution >= 0.6 is 0 Å². The molecule has 76 valence electrons. The van der Waals surface area contributed by atoms with Gasteiger partial charge in [-0.3, -0.25) is 0 Å². The number of rotatable bonds is 2. The van der Waals surface area contributed by atoms with E-state index in [4.69, 9.17) is 0 Å². The molecule has 0 spiro atoms. The SMILES string of the molecule is Cc1ccc(Cc2cccnn2)c(C)c1. The number of aromatic nitrogens is 2. The summed E-state index contributed by atoms with van der Waals surface area (Å²) in [5, 5.41) is 7.97. The van der Waals surface area contributed by atoms with Crippen molar-refractivity contribution in [3.63, 3.8) is 0 Å². The molecule has 0 aliphatic heterocycles. The van der Waals surface area contributed by atoms with E-state index in [-0.39, 0.29) is 0 Å². The Morgan fingerprint density at radius 3 is 2.67 bits per heavy atom. The fraction of sp³-hybridized carbons (Fsp3) is 0.231. The van der Waals surface area contributed by atoms with E-state index in [9.17, 15) is 0 Å². The first kappa shape index (κ1) is 9.84. The molecule has 0 atom stereocenters. The average molecular weight is 198 g/mol. The second-order valence-corrected chi connectivity index (χ2v) is 3.82. The molecule has 2 rings (SSSR count). The molecule has 0 aliphatic rings. The third kappa shape index (κ3) is 2.40. The van der Waals surface area contributed by atoms with E-state index in [2.05, 4.69) is 42.2 Å². The van der Waals surface area contributed by atoms with Crippen LogP contribution in [-0.4, -0.2) is 10.2 Å². The molecule has 2 nitrogen and oxygen atoms in total. The number of hydrogen-bond acceptors (Lipinski definition) is 2. The van der Waals surface area contributed by atoms with E-state index >= 15 is 0 Å². The summed E-state index contributed by atoms with van der Waals surface area (Å²) >= 11 is 0. The van der Waals surface area contributed by atoms with E-state index in [0.717, 1.165) is 12.1 Å². The van der Waals surface area contributed by atoms with Gasteiger partial charge in [0.25, 0.3) is 0 Å². The van der Waals surface area contributed by atoms with Crippen molar-refractivity contribution in [3.05, 3.63) is 58.9 Å². The number of aryl methyl sites for hydroxylation is 2. The molecule has 1 heterocycles. The van der Waals surface area contributed by atoms with Gasteiger partial charge in [-0.1, -0.05) is 23.8 Å². The predicted octanol–water partition coefficient (Wildman–Crippen LogP) is 2.68. The Kier molecular flexibility index (Phi) is 2.77. The smallest absolute Gasteiger partial charge is 0.0674 e. The Morgan fingerprint density at radius 2 is 2.00 bits per heavy atom. The summed E-state index contributed by atoms with van der Waals surface area (Å²) in [5.74, 6) is 0. The highest BCUT2D eigenvalue weighted by atomic mass is 15.1. The Morgan fingerprint density at radius 1 is 1.13 bits per heavy atom. The molecular weight excluding hydrogens is 184 g/mol. The fourth-order valence-corrected chi connectivity index (χ4v) is 1.67. The molecule has 0 amide bonds. The minimum Gasteiger partial charge on any atom is -0.159 e. The number of benzene rings is 1. The zero-order valence-corrected chi connectivity index (χ0v) is 9.07. The second kappa shape index (κ2) is 4.22. The quantitative estimate of drug-likeness (QED) is 0.741. The van der Waals surface area contributed by atoms with Crippen LogP contribution in [0.15, 0.2) is 36.5 Å². The normalized spacial score (nSPS) is 10.3. The molecule has 1 aromatic carbocycles. The first-order valence-corrected chi connectivity index (χ1v) is 5.08. The van der Waals surface area contributed by atoms with Crippen molar-refractivity contribution in [2.24, 2.45) is 0 Å². The molecule has 0 bridgehead atoms. The van der Waals surface area contributed by atoms with Gasteiger partial charge < -0.3 is 0 Å². The molecule has 2 aromatic rings. The van der Waals surface area contributed by atoms with Crippen LogP contribution in [0, 0.1) is 13.8 Å². The van der Waals surface area contributed by atoms with Gasteiger partial charge in [-0.05, 0) is 37.1 Å². The topological polar surface area (TPSA) is 25.8 Å². The van der Waals surface area contributed by atoms with Gasteiger partial charge in [-0.15, -0.1) is 0 Å². The summed E-state index contributed by atoms with van der Waals surface area (Å²) in [6.45, 7) is 4.25. The van der Waals surface area contributed by atoms with Crippen molar-refractivity contribution in [1.29, 1.82) is 0 Å². The maximum atomic E-state index is 4.09. The Balaban J connectivity index is 2.25. The van der Waals surface area contributed by atoms with Gasteiger partial charge in [0, 0.05) is 12.6 Å². The standard InChI is InChI=1S/C13H14N2/c1-10-5-6-12(11(2)8-10)9-13-4-3-7-14-15-13/h3-8H,9H2,1-2H3. The van der Waals surface area contributed by atoms with Gasteiger partial charge >= 0.3 is 0 Å². The molecular formula is C13H14N2. The van der Waals surface area contributed by atoms with Gasteiger partial charge in [0.15, 0.2) is 0 Å². The summed E-state index contributed by atoms with van der Waals surface area (Å²) in [5.41, 5.74) is 4.96. The fourth-order valence-electron chi connectivity index (χ4n) is 1.67. The van der Waals surface area contributed by atoms with Gasteiger partial charge in [-0.2, -0.15) is 10.2 Å². The van der Waals surface area contributed by atoms with E-state index < -0.39 is 0 Å². The third-order valence-electron chi connectivity index (χ3n) is 2.50. The molecule has 1 aromatic heterocycles. The molecule has 0 saturated carbocycles. The molecule has 15 heavy (non-hydrogen) atoms. The van der Waals surface area contributed by atoms with E-state index in [0.29, 0.717) is 0 Å². The average Bonchev–Trinajstić information content (AvgIpc) is 2.24. The van der Waals surface area contributed by atoms with Crippen LogP contribution in [0.2, 0.25) is 0 Å². The van der Waals surface area contributed by atoms with Gasteiger partial charge in [0.2, 0.25) is 0 Å². The molecule has 0 saturated heterocycles. The Labute approximate surface area is 90.0 Å². The van der Waals surface area contributed by atoms with Crippen LogP contribution in [-0.2, 0) is 6.42 Å². The maximum Gasteiger partial charge on any atom is 0.0674 e. The van der Waals surface area contributed by atoms with Crippen LogP contribution in [0.1, 0.15) is 22.4 Å². The highest BCUT2D eigenvalue weighted by Crippen LogP contribution is 2.13. The molecule has 0 unspecified atom stereocenters. The largest absolute Gasteiger partial charge is 0.159 e. The van der Waals surface area contributed by atoms with Crippen LogP contribution < -0.4 is 0 Å². The second-order valence-electron chi connectivity index (χ2n) is 3.82. The minimum absolute atomic E-state index is 0.861. The number of nitrogens with zero attached hydrogens (tertiary/aromatic N) is 2. The van der Waals surface area contributed by atoms with Crippen LogP contribution in [0.5, 0.6) is 0 Å². The predicted molar refractivity (Wildman–Crippen MR) is 60.8 cm³/mol. The summed E-state index contributed by atoms with van der Waals surface area (Å²) in [6.07, 6.45) is 2.56. The molecule has 0 aliphatic carbocycles. The highest BCUT2D eigenvalue weighted by molar-refractivity contribution is 5.32. The Hall–Kier alpha value is -1.70. The number of hydrogen-bond donors (Lipinski definition) is 0. The summed E-state index contributed by atoms with van der Waals surface area (Å²) in [7, 11) is 0. The van der Waals surface area contributed by atoms with Crippen molar-refractivity contribution >= 4 is 0 Å². The summed E-state index contributed by atoms with van der Waals surface area (Å²) in [4.78, 5) is 0. The van der Waals surface area contributed by atoms with E-state index in [1.165, 1.54) is 16.7 Å². The lowest BCUT2D eigenvalue weighted by atomic mass is 10.0. The molecule has 0 N–H and O–H groups in total. The lowest BCUT2D eigenvalue weighted by molar-refractivity contribution is 0.932. The van der Waals surface area contributed by atoms with Crippen LogP contribution in [0.3, 0.4) is 0 Å². The Bertz CT molecular complexity index is 449. The van der Waals surface area contributed by atoms with Gasteiger partial charge in [0.05, 0.1) is 5.69 Å². The van der Waals surface area contributed by atoms with Crippen molar-refractivity contribution in [3.8, 4) is 0 Å². The van der Waals surface area contributed by atoms with Crippen molar-refractivity contribution in [2.45, 2.75) is 20.3 Å². The molecule has 0 fully saturated rings. The van der Waals surface area contributed by atoms with Crippen molar-refractivity contribution < 1.29 is 0 Å². The maximum absolute atomic E-state index is 4.09. The summed E-state index contributed by atoms with van der Waals surface area (Å²) in [6, 6.07) is 10.4. The van der Waals surface area contributed by atoms with Gasteiger partial charge in [0.1, 0.15) is 0 Å². The third-order valence-corrected chi connectivity index (χ3v) is 2.50. The first-order chi connectivity index (χ1) is 7.25. The highest BCUT2D eigenvalue weighted by Gasteiger charge is 2.01.